The van der Waals surface area contributed by atoms with Crippen LogP contribution in [0, 0.1) is 0 Å². The Morgan fingerprint density at radius 2 is 1.85 bits per heavy atom. The lowest BCUT2D eigenvalue weighted by molar-refractivity contribution is -0.227. The summed E-state index contributed by atoms with van der Waals surface area (Å²) in [5.41, 5.74) is -2.02. The molecule has 228 valence electrons. The lowest BCUT2D eigenvalue weighted by atomic mass is 10.0. The van der Waals surface area contributed by atoms with Gasteiger partial charge in [0.15, 0.2) is 5.65 Å². The Bertz CT molecular complexity index is 1290. The molecule has 1 aliphatic heterocycles. The van der Waals surface area contributed by atoms with E-state index in [-0.39, 0.29) is 35.0 Å². The molecule has 0 unspecified atom stereocenters. The SMILES string of the molecule is C=C(F)CF.CF.CNc1cnnc(C(F)F)c1.C[C@]1(N(F)F)CN(C=O)c2cnc3cc(CC(F)(F)F)nn3c21. The second-order valence-corrected chi connectivity index (χ2v) is 8.00. The van der Waals surface area contributed by atoms with E-state index in [1.54, 1.807) is 7.05 Å². The van der Waals surface area contributed by atoms with E-state index in [9.17, 15) is 48.9 Å². The van der Waals surface area contributed by atoms with Crippen LogP contribution in [-0.2, 0) is 16.8 Å². The predicted octanol–water partition coefficient (Wildman–Crippen LogP) is 5.58. The molecule has 3 aromatic heterocycles. The van der Waals surface area contributed by atoms with Crippen molar-refractivity contribution in [3.05, 3.63) is 54.0 Å². The molecular formula is C22H24F10N8O. The zero-order chi connectivity index (χ0) is 31.5. The molecule has 3 aromatic rings. The molecule has 0 aromatic carbocycles. The molecular weight excluding hydrogens is 582 g/mol. The number of nitrogens with zero attached hydrogens (tertiary/aromatic N) is 7. The van der Waals surface area contributed by atoms with Crippen LogP contribution in [-0.4, -0.2) is 70.2 Å². The average molecular weight is 606 g/mol. The number of amides is 1. The summed E-state index contributed by atoms with van der Waals surface area (Å²) in [7, 11) is 2.13. The maximum atomic E-state index is 13.4. The van der Waals surface area contributed by atoms with Crippen molar-refractivity contribution in [1.82, 2.24) is 30.1 Å². The molecule has 1 N–H and O–H groups in total. The fourth-order valence-electron chi connectivity index (χ4n) is 3.32. The summed E-state index contributed by atoms with van der Waals surface area (Å²) in [5.74, 6) is -0.912. The zero-order valence-electron chi connectivity index (χ0n) is 21.6. The number of alkyl halides is 7. The molecule has 0 bridgehead atoms. The standard InChI is InChI=1S/C12H10F5N5O.C6H7F2N3.C3H4F2.CH3F/c1-11(22(16)17)5-20(6-23)8-4-18-9-2-7(3-12(13,14)15)19-21(9)10(8)11;1-9-4-2-5(6(7)8)11-10-3-4;1-3(5)2-4;1-2/h2,4,6H,3,5H2,1H3;2-3,6H,1H3,(H,9,11);1-2H2;1H3/t11-;;;/m0.../s1. The highest BCUT2D eigenvalue weighted by atomic mass is 19.4. The summed E-state index contributed by atoms with van der Waals surface area (Å²) >= 11 is 0. The van der Waals surface area contributed by atoms with Gasteiger partial charge >= 0.3 is 6.18 Å². The lowest BCUT2D eigenvalue weighted by Crippen LogP contribution is -2.39. The van der Waals surface area contributed by atoms with Crippen LogP contribution < -0.4 is 10.2 Å². The number of hydrogen-bond acceptors (Lipinski definition) is 7. The van der Waals surface area contributed by atoms with E-state index in [0.29, 0.717) is 19.3 Å². The van der Waals surface area contributed by atoms with E-state index in [0.717, 1.165) is 15.5 Å². The molecule has 0 radical (unpaired) electrons. The molecule has 4 rings (SSSR count). The van der Waals surface area contributed by atoms with Crippen LogP contribution in [0.15, 0.2) is 36.9 Å². The van der Waals surface area contributed by atoms with Crippen LogP contribution in [0.25, 0.3) is 5.65 Å². The van der Waals surface area contributed by atoms with Gasteiger partial charge in [-0.05, 0) is 13.0 Å². The Morgan fingerprint density at radius 1 is 1.24 bits per heavy atom. The minimum Gasteiger partial charge on any atom is -0.387 e. The molecule has 1 atom stereocenters. The Morgan fingerprint density at radius 3 is 2.32 bits per heavy atom. The summed E-state index contributed by atoms with van der Waals surface area (Å²) < 4.78 is 120. The summed E-state index contributed by atoms with van der Waals surface area (Å²) in [6.07, 6.45) is -5.42. The number of halogens is 10. The van der Waals surface area contributed by atoms with Crippen molar-refractivity contribution in [2.45, 2.75) is 31.5 Å². The van der Waals surface area contributed by atoms with Gasteiger partial charge in [0.2, 0.25) is 6.41 Å². The summed E-state index contributed by atoms with van der Waals surface area (Å²) in [5, 5.41) is 12.0. The molecule has 41 heavy (non-hydrogen) atoms. The molecule has 4 heterocycles. The smallest absolute Gasteiger partial charge is 0.387 e. The number of nitrogens with one attached hydrogen (secondary N) is 1. The molecule has 0 spiro atoms. The van der Waals surface area contributed by atoms with Crippen molar-refractivity contribution in [1.29, 1.82) is 0 Å². The van der Waals surface area contributed by atoms with Gasteiger partial charge < -0.3 is 10.2 Å². The Kier molecular flexibility index (Phi) is 12.9. The number of hydrogen-bond donors (Lipinski definition) is 1. The van der Waals surface area contributed by atoms with Crippen LogP contribution in [0.4, 0.5) is 55.5 Å². The highest BCUT2D eigenvalue weighted by Crippen LogP contribution is 2.42. The van der Waals surface area contributed by atoms with E-state index < -0.39 is 42.4 Å². The average Bonchev–Trinajstić information content (AvgIpc) is 3.47. The maximum absolute atomic E-state index is 13.4. The van der Waals surface area contributed by atoms with Crippen molar-refractivity contribution < 1.29 is 48.9 Å². The summed E-state index contributed by atoms with van der Waals surface area (Å²) in [6, 6.07) is 2.34. The van der Waals surface area contributed by atoms with Crippen molar-refractivity contribution in [2.75, 3.05) is 37.7 Å². The van der Waals surface area contributed by atoms with Gasteiger partial charge in [0, 0.05) is 18.5 Å². The number of fused-ring (bicyclic) bond motifs is 3. The van der Waals surface area contributed by atoms with E-state index in [1.165, 1.54) is 25.4 Å². The quantitative estimate of drug-likeness (QED) is 0.223. The maximum Gasteiger partial charge on any atom is 0.394 e. The normalized spacial score (nSPS) is 15.7. The van der Waals surface area contributed by atoms with Gasteiger partial charge in [-0.15, -0.1) is 14.1 Å². The van der Waals surface area contributed by atoms with Crippen molar-refractivity contribution in [2.24, 2.45) is 0 Å². The molecule has 0 aliphatic carbocycles. The first-order valence-electron chi connectivity index (χ1n) is 11.0. The third kappa shape index (κ3) is 9.25. The molecule has 0 saturated heterocycles. The fourth-order valence-corrected chi connectivity index (χ4v) is 3.32. The van der Waals surface area contributed by atoms with E-state index in [4.69, 9.17) is 0 Å². The minimum atomic E-state index is -4.48. The molecule has 9 nitrogen and oxygen atoms in total. The monoisotopic (exact) mass is 606 g/mol. The molecule has 1 amide bonds. The number of allylic oxidation sites excluding steroid dienone is 1. The molecule has 19 heteroatoms. The number of anilines is 2. The van der Waals surface area contributed by atoms with Gasteiger partial charge in [-0.25, -0.2) is 27.1 Å². The largest absolute Gasteiger partial charge is 0.394 e. The molecule has 0 saturated carbocycles. The van der Waals surface area contributed by atoms with Crippen LogP contribution in [0.5, 0.6) is 0 Å². The lowest BCUT2D eigenvalue weighted by Gasteiger charge is -2.24. The van der Waals surface area contributed by atoms with Gasteiger partial charge in [0.05, 0.1) is 55.3 Å². The topological polar surface area (TPSA) is 91.5 Å². The number of carbonyl (C=O) groups is 1. The zero-order valence-corrected chi connectivity index (χ0v) is 21.6. The third-order valence-electron chi connectivity index (χ3n) is 5.03. The van der Waals surface area contributed by atoms with Crippen molar-refractivity contribution in [3.63, 3.8) is 0 Å². The first-order chi connectivity index (χ1) is 19.2. The summed E-state index contributed by atoms with van der Waals surface area (Å²) in [4.78, 5) is 16.0. The van der Waals surface area contributed by atoms with Gasteiger partial charge in [-0.3, -0.25) is 9.18 Å². The Hall–Kier alpha value is -4.03. The van der Waals surface area contributed by atoms with Gasteiger partial charge in [-0.2, -0.15) is 23.4 Å². The van der Waals surface area contributed by atoms with Gasteiger partial charge in [-0.1, -0.05) is 6.58 Å². The first-order valence-corrected chi connectivity index (χ1v) is 11.0. The fraction of sp³-hybridized carbons (Fsp3) is 0.409. The predicted molar refractivity (Wildman–Crippen MR) is 127 cm³/mol. The van der Waals surface area contributed by atoms with E-state index >= 15 is 0 Å². The van der Waals surface area contributed by atoms with E-state index in [1.807, 2.05) is 0 Å². The third-order valence-corrected chi connectivity index (χ3v) is 5.03. The Balaban J connectivity index is 0.000000388. The number of aromatic nitrogens is 5. The highest BCUT2D eigenvalue weighted by Gasteiger charge is 2.48. The number of rotatable bonds is 6. The Labute approximate surface area is 226 Å². The van der Waals surface area contributed by atoms with Crippen LogP contribution in [0.2, 0.25) is 0 Å². The summed E-state index contributed by atoms with van der Waals surface area (Å²) in [6.45, 7) is 2.38. The van der Waals surface area contributed by atoms with Crippen LogP contribution in [0.1, 0.15) is 30.4 Å². The van der Waals surface area contributed by atoms with E-state index in [2.05, 4.69) is 32.2 Å². The second kappa shape index (κ2) is 15.1. The van der Waals surface area contributed by atoms with Crippen LogP contribution in [0.3, 0.4) is 0 Å². The molecule has 1 aliphatic rings. The minimum absolute atomic E-state index is 0.00354. The second-order valence-electron chi connectivity index (χ2n) is 8.00. The van der Waals surface area contributed by atoms with Gasteiger partial charge in [0.25, 0.3) is 6.43 Å². The van der Waals surface area contributed by atoms with Crippen LogP contribution >= 0.6 is 0 Å². The highest BCUT2D eigenvalue weighted by molar-refractivity contribution is 5.80. The van der Waals surface area contributed by atoms with Gasteiger partial charge in [0.1, 0.15) is 23.7 Å². The molecule has 0 fully saturated rings. The number of carbonyl (C=O) groups excluding carboxylic acids is 1. The first kappa shape index (κ1) is 35.0. The van der Waals surface area contributed by atoms with Crippen molar-refractivity contribution in [3.8, 4) is 0 Å². The van der Waals surface area contributed by atoms with Crippen molar-refractivity contribution >= 4 is 23.4 Å².